The Bertz CT molecular complexity index is 724. The van der Waals surface area contributed by atoms with Gasteiger partial charge in [-0.2, -0.15) is 11.8 Å². The lowest BCUT2D eigenvalue weighted by molar-refractivity contribution is 0.583. The Kier molecular flexibility index (Phi) is 6.26. The molecule has 0 aliphatic heterocycles. The van der Waals surface area contributed by atoms with E-state index in [0.717, 1.165) is 17.9 Å². The van der Waals surface area contributed by atoms with Crippen molar-refractivity contribution in [2.45, 2.75) is 10.6 Å². The van der Waals surface area contributed by atoms with Crippen LogP contribution in [-0.4, -0.2) is 20.7 Å². The molecule has 0 aliphatic rings. The molecule has 0 amide bonds. The molecule has 0 aliphatic carbocycles. The van der Waals surface area contributed by atoms with E-state index < -0.39 is 15.8 Å². The average molecular weight is 360 g/mol. The van der Waals surface area contributed by atoms with Gasteiger partial charge in [-0.15, -0.1) is 0 Å². The fraction of sp³-hybridized carbons (Fsp3) is 0.200. The number of hydrogen-bond donors (Lipinski definition) is 1. The van der Waals surface area contributed by atoms with Gasteiger partial charge in [0.1, 0.15) is 5.82 Å². The highest BCUT2D eigenvalue weighted by Gasteiger charge is 2.15. The third-order valence-electron chi connectivity index (χ3n) is 2.85. The molecule has 0 bridgehead atoms. The Morgan fingerprint density at radius 1 is 1.14 bits per heavy atom. The molecular weight excluding hydrogens is 345 g/mol. The van der Waals surface area contributed by atoms with Crippen LogP contribution in [0.3, 0.4) is 0 Å². The summed E-state index contributed by atoms with van der Waals surface area (Å²) in [4.78, 5) is -0.0352. The molecule has 7 heteroatoms. The average Bonchev–Trinajstić information content (AvgIpc) is 2.50. The second-order valence-electron chi connectivity index (χ2n) is 4.51. The number of rotatable bonds is 7. The minimum absolute atomic E-state index is 0.0352. The van der Waals surface area contributed by atoms with Gasteiger partial charge in [-0.3, -0.25) is 0 Å². The highest BCUT2D eigenvalue weighted by molar-refractivity contribution is 7.98. The first-order chi connectivity index (χ1) is 10.5. The third kappa shape index (κ3) is 4.98. The standard InChI is InChI=1S/C15H15ClFNO2S2/c16-14-10-13(6-7-15(14)17)22(19,20)18-8-9-21-11-12-4-2-1-3-5-12/h1-7,10,18H,8-9,11H2. The highest BCUT2D eigenvalue weighted by Crippen LogP contribution is 2.19. The molecule has 0 aromatic heterocycles. The largest absolute Gasteiger partial charge is 0.240 e. The SMILES string of the molecule is O=S(=O)(NCCSCc1ccccc1)c1ccc(F)c(Cl)c1. The maximum atomic E-state index is 13.0. The van der Waals surface area contributed by atoms with Gasteiger partial charge >= 0.3 is 0 Å². The molecule has 0 radical (unpaired) electrons. The molecule has 22 heavy (non-hydrogen) atoms. The molecule has 3 nitrogen and oxygen atoms in total. The second-order valence-corrected chi connectivity index (χ2v) is 7.79. The number of nitrogens with one attached hydrogen (secondary N) is 1. The molecule has 2 aromatic carbocycles. The van der Waals surface area contributed by atoms with Crippen molar-refractivity contribution in [3.05, 3.63) is 64.9 Å². The normalized spacial score (nSPS) is 11.5. The lowest BCUT2D eigenvalue weighted by Gasteiger charge is -2.07. The molecular formula is C15H15ClFNO2S2. The predicted molar refractivity (Wildman–Crippen MR) is 89.2 cm³/mol. The van der Waals surface area contributed by atoms with E-state index in [-0.39, 0.29) is 9.92 Å². The van der Waals surface area contributed by atoms with E-state index in [2.05, 4.69) is 4.72 Å². The first-order valence-corrected chi connectivity index (χ1v) is 9.57. The van der Waals surface area contributed by atoms with Crippen LogP contribution in [0.25, 0.3) is 0 Å². The summed E-state index contributed by atoms with van der Waals surface area (Å²) < 4.78 is 39.6. The van der Waals surface area contributed by atoms with Gasteiger partial charge in [0, 0.05) is 18.1 Å². The number of sulfonamides is 1. The van der Waals surface area contributed by atoms with Crippen molar-refractivity contribution in [1.29, 1.82) is 0 Å². The van der Waals surface area contributed by atoms with Crippen LogP contribution >= 0.6 is 23.4 Å². The van der Waals surface area contributed by atoms with Crippen LogP contribution in [0, 0.1) is 5.82 Å². The first kappa shape index (κ1) is 17.3. The molecule has 0 heterocycles. The van der Waals surface area contributed by atoms with E-state index in [4.69, 9.17) is 11.6 Å². The van der Waals surface area contributed by atoms with Crippen LogP contribution in [0.5, 0.6) is 0 Å². The molecule has 118 valence electrons. The Hall–Kier alpha value is -1.08. The van der Waals surface area contributed by atoms with E-state index in [0.29, 0.717) is 12.3 Å². The summed E-state index contributed by atoms with van der Waals surface area (Å²) >= 11 is 7.23. The molecule has 1 N–H and O–H groups in total. The minimum Gasteiger partial charge on any atom is -0.210 e. The third-order valence-corrected chi connectivity index (χ3v) is 5.63. The van der Waals surface area contributed by atoms with Crippen molar-refractivity contribution in [3.63, 3.8) is 0 Å². The smallest absolute Gasteiger partial charge is 0.210 e. The van der Waals surface area contributed by atoms with Crippen molar-refractivity contribution < 1.29 is 12.8 Å². The summed E-state index contributed by atoms with van der Waals surface area (Å²) in [5.74, 6) is 0.826. The van der Waals surface area contributed by atoms with E-state index in [9.17, 15) is 12.8 Å². The van der Waals surface area contributed by atoms with Gasteiger partial charge in [-0.1, -0.05) is 41.9 Å². The summed E-state index contributed by atoms with van der Waals surface area (Å²) in [6.45, 7) is 0.300. The van der Waals surface area contributed by atoms with Crippen molar-refractivity contribution in [3.8, 4) is 0 Å². The van der Waals surface area contributed by atoms with Gasteiger partial charge in [-0.25, -0.2) is 17.5 Å². The Labute approximate surface area is 138 Å². The number of hydrogen-bond acceptors (Lipinski definition) is 3. The summed E-state index contributed by atoms with van der Waals surface area (Å²) in [5.41, 5.74) is 1.20. The summed E-state index contributed by atoms with van der Waals surface area (Å²) in [6.07, 6.45) is 0. The van der Waals surface area contributed by atoms with Gasteiger partial charge in [-0.05, 0) is 23.8 Å². The van der Waals surface area contributed by atoms with Crippen LogP contribution in [0.1, 0.15) is 5.56 Å². The Morgan fingerprint density at radius 2 is 1.86 bits per heavy atom. The monoisotopic (exact) mass is 359 g/mol. The van der Waals surface area contributed by atoms with E-state index >= 15 is 0 Å². The lowest BCUT2D eigenvalue weighted by Crippen LogP contribution is -2.26. The maximum absolute atomic E-state index is 13.0. The van der Waals surface area contributed by atoms with Crippen LogP contribution in [0.15, 0.2) is 53.4 Å². The number of thioether (sulfide) groups is 1. The van der Waals surface area contributed by atoms with Gasteiger partial charge in [0.25, 0.3) is 0 Å². The zero-order chi connectivity index (χ0) is 16.0. The van der Waals surface area contributed by atoms with Crippen LogP contribution < -0.4 is 4.72 Å². The van der Waals surface area contributed by atoms with Crippen molar-refractivity contribution in [2.24, 2.45) is 0 Å². The van der Waals surface area contributed by atoms with E-state index in [1.165, 1.54) is 11.6 Å². The van der Waals surface area contributed by atoms with Gasteiger partial charge in [0.2, 0.25) is 10.0 Å². The molecule has 0 fully saturated rings. The van der Waals surface area contributed by atoms with Gasteiger partial charge < -0.3 is 0 Å². The quantitative estimate of drug-likeness (QED) is 0.767. The number of halogens is 2. The van der Waals surface area contributed by atoms with Gasteiger partial charge in [0.05, 0.1) is 9.92 Å². The maximum Gasteiger partial charge on any atom is 0.240 e. The zero-order valence-electron chi connectivity index (χ0n) is 11.6. The fourth-order valence-electron chi connectivity index (χ4n) is 1.74. The van der Waals surface area contributed by atoms with Crippen LogP contribution in [-0.2, 0) is 15.8 Å². The van der Waals surface area contributed by atoms with Crippen molar-refractivity contribution >= 4 is 33.4 Å². The lowest BCUT2D eigenvalue weighted by atomic mass is 10.2. The first-order valence-electron chi connectivity index (χ1n) is 6.55. The summed E-state index contributed by atoms with van der Waals surface area (Å²) in [6, 6.07) is 13.3. The van der Waals surface area contributed by atoms with Crippen LogP contribution in [0.4, 0.5) is 4.39 Å². The van der Waals surface area contributed by atoms with Crippen molar-refractivity contribution in [2.75, 3.05) is 12.3 Å². The molecule has 2 aromatic rings. The van der Waals surface area contributed by atoms with Gasteiger partial charge in [0.15, 0.2) is 0 Å². The predicted octanol–water partition coefficient (Wildman–Crippen LogP) is 3.69. The van der Waals surface area contributed by atoms with Crippen LogP contribution in [0.2, 0.25) is 5.02 Å². The molecule has 2 rings (SSSR count). The van der Waals surface area contributed by atoms with E-state index in [1.807, 2.05) is 30.3 Å². The Balaban J connectivity index is 1.81. The summed E-state index contributed by atoms with van der Waals surface area (Å²) in [7, 11) is -3.66. The molecule has 0 atom stereocenters. The number of benzene rings is 2. The zero-order valence-corrected chi connectivity index (χ0v) is 14.0. The molecule has 0 spiro atoms. The Morgan fingerprint density at radius 3 is 2.55 bits per heavy atom. The van der Waals surface area contributed by atoms with Crippen molar-refractivity contribution in [1.82, 2.24) is 4.72 Å². The van der Waals surface area contributed by atoms with E-state index in [1.54, 1.807) is 11.8 Å². The molecule has 0 saturated carbocycles. The second kappa shape index (κ2) is 7.97. The molecule has 0 saturated heterocycles. The highest BCUT2D eigenvalue weighted by atomic mass is 35.5. The fourth-order valence-corrected chi connectivity index (χ4v) is 3.99. The summed E-state index contributed by atoms with van der Waals surface area (Å²) in [5, 5.41) is -0.207. The topological polar surface area (TPSA) is 46.2 Å². The molecule has 0 unspecified atom stereocenters. The minimum atomic E-state index is -3.66.